The van der Waals surface area contributed by atoms with Crippen LogP contribution in [0.25, 0.3) is 0 Å². The summed E-state index contributed by atoms with van der Waals surface area (Å²) in [5, 5.41) is 3.39. The van der Waals surface area contributed by atoms with Gasteiger partial charge in [-0.3, -0.25) is 4.79 Å². The zero-order valence-corrected chi connectivity index (χ0v) is 11.3. The van der Waals surface area contributed by atoms with Crippen LogP contribution in [0, 0.1) is 0 Å². The molecule has 3 nitrogen and oxygen atoms in total. The molecular formula is C11H14BrClN2O. The first-order valence-electron chi connectivity index (χ1n) is 4.99. The Morgan fingerprint density at radius 2 is 2.31 bits per heavy atom. The van der Waals surface area contributed by atoms with Crippen LogP contribution in [0.3, 0.4) is 0 Å². The van der Waals surface area contributed by atoms with Gasteiger partial charge in [-0.15, -0.1) is 0 Å². The number of carbonyl (C=O) groups excluding carboxylic acids is 1. The molecule has 5 heteroatoms. The molecule has 0 fully saturated rings. The van der Waals surface area contributed by atoms with Crippen LogP contribution < -0.4 is 11.1 Å². The predicted octanol–water partition coefficient (Wildman–Crippen LogP) is 2.57. The maximum Gasteiger partial charge on any atom is 0.252 e. The quantitative estimate of drug-likeness (QED) is 0.898. The Morgan fingerprint density at radius 3 is 2.88 bits per heavy atom. The molecule has 0 saturated carbocycles. The second kappa shape index (κ2) is 6.23. The molecule has 0 aliphatic heterocycles. The van der Waals surface area contributed by atoms with E-state index in [1.54, 1.807) is 18.2 Å². The first-order chi connectivity index (χ1) is 7.50. The van der Waals surface area contributed by atoms with Gasteiger partial charge in [0.05, 0.1) is 5.56 Å². The lowest BCUT2D eigenvalue weighted by molar-refractivity contribution is 0.0952. The van der Waals surface area contributed by atoms with Gasteiger partial charge in [0.25, 0.3) is 5.91 Å². The number of halogens is 2. The first-order valence-corrected chi connectivity index (χ1v) is 6.16. The number of carbonyl (C=O) groups is 1. The maximum atomic E-state index is 11.7. The molecule has 0 saturated heterocycles. The van der Waals surface area contributed by atoms with Gasteiger partial charge < -0.3 is 11.1 Å². The molecular weight excluding hydrogens is 291 g/mol. The molecule has 0 bridgehead atoms. The van der Waals surface area contributed by atoms with Gasteiger partial charge in [0.15, 0.2) is 0 Å². The molecule has 16 heavy (non-hydrogen) atoms. The lowest BCUT2D eigenvalue weighted by Gasteiger charge is -2.08. The Bertz CT molecular complexity index is 382. The van der Waals surface area contributed by atoms with E-state index in [0.29, 0.717) is 21.6 Å². The van der Waals surface area contributed by atoms with Gasteiger partial charge in [0, 0.05) is 22.1 Å². The van der Waals surface area contributed by atoms with E-state index >= 15 is 0 Å². The monoisotopic (exact) mass is 304 g/mol. The van der Waals surface area contributed by atoms with Gasteiger partial charge >= 0.3 is 0 Å². The van der Waals surface area contributed by atoms with E-state index in [-0.39, 0.29) is 11.9 Å². The third kappa shape index (κ3) is 4.12. The van der Waals surface area contributed by atoms with Gasteiger partial charge in [-0.2, -0.15) is 0 Å². The molecule has 1 atom stereocenters. The van der Waals surface area contributed by atoms with Crippen LogP contribution >= 0.6 is 27.5 Å². The van der Waals surface area contributed by atoms with Crippen molar-refractivity contribution in [2.24, 2.45) is 5.73 Å². The molecule has 1 rings (SSSR count). The van der Waals surface area contributed by atoms with E-state index < -0.39 is 0 Å². The number of benzene rings is 1. The average molecular weight is 306 g/mol. The Kier molecular flexibility index (Phi) is 5.25. The molecule has 1 aromatic carbocycles. The van der Waals surface area contributed by atoms with Crippen LogP contribution in [-0.4, -0.2) is 18.5 Å². The van der Waals surface area contributed by atoms with Gasteiger partial charge in [0.2, 0.25) is 0 Å². The Hall–Kier alpha value is -0.580. The summed E-state index contributed by atoms with van der Waals surface area (Å²) in [5.74, 6) is -0.121. The first kappa shape index (κ1) is 13.5. The number of hydrogen-bond donors (Lipinski definition) is 2. The van der Waals surface area contributed by atoms with Crippen LogP contribution in [0.2, 0.25) is 5.02 Å². The molecule has 1 aromatic rings. The molecule has 0 radical (unpaired) electrons. The third-order valence-electron chi connectivity index (χ3n) is 2.06. The highest BCUT2D eigenvalue weighted by molar-refractivity contribution is 9.10. The Labute approximate surface area is 108 Å². The fraction of sp³-hybridized carbons (Fsp3) is 0.364. The van der Waals surface area contributed by atoms with Crippen LogP contribution in [0.4, 0.5) is 0 Å². The lowest BCUT2D eigenvalue weighted by Crippen LogP contribution is -2.29. The number of amides is 1. The van der Waals surface area contributed by atoms with Crippen molar-refractivity contribution in [2.45, 2.75) is 19.4 Å². The molecule has 0 spiro atoms. The van der Waals surface area contributed by atoms with Crippen molar-refractivity contribution in [1.82, 2.24) is 5.32 Å². The van der Waals surface area contributed by atoms with Crippen molar-refractivity contribution in [3.05, 3.63) is 33.3 Å². The summed E-state index contributed by atoms with van der Waals surface area (Å²) in [6.45, 7) is 2.48. The summed E-state index contributed by atoms with van der Waals surface area (Å²) in [6, 6.07) is 5.16. The second-order valence-corrected chi connectivity index (χ2v) is 4.94. The minimum Gasteiger partial charge on any atom is -0.352 e. The average Bonchev–Trinajstić information content (AvgIpc) is 2.16. The third-order valence-corrected chi connectivity index (χ3v) is 2.95. The summed E-state index contributed by atoms with van der Waals surface area (Å²) in [6.07, 6.45) is 0.761. The summed E-state index contributed by atoms with van der Waals surface area (Å²) in [5.41, 5.74) is 6.17. The molecule has 1 amide bonds. The summed E-state index contributed by atoms with van der Waals surface area (Å²) >= 11 is 9.09. The van der Waals surface area contributed by atoms with Crippen LogP contribution in [0.15, 0.2) is 22.7 Å². The van der Waals surface area contributed by atoms with Crippen molar-refractivity contribution < 1.29 is 4.79 Å². The van der Waals surface area contributed by atoms with E-state index in [0.717, 1.165) is 6.42 Å². The molecule has 3 N–H and O–H groups in total. The van der Waals surface area contributed by atoms with E-state index in [9.17, 15) is 4.79 Å². The number of nitrogens with one attached hydrogen (secondary N) is 1. The van der Waals surface area contributed by atoms with E-state index in [1.165, 1.54) is 0 Å². The highest BCUT2D eigenvalue weighted by Crippen LogP contribution is 2.21. The Morgan fingerprint density at radius 1 is 1.62 bits per heavy atom. The van der Waals surface area contributed by atoms with Gasteiger partial charge in [-0.1, -0.05) is 11.6 Å². The number of nitrogens with two attached hydrogens (primary N) is 1. The van der Waals surface area contributed by atoms with Gasteiger partial charge in [-0.25, -0.2) is 0 Å². The Balaban J connectivity index is 2.59. The van der Waals surface area contributed by atoms with Gasteiger partial charge in [-0.05, 0) is 47.5 Å². The fourth-order valence-corrected chi connectivity index (χ4v) is 2.04. The minimum atomic E-state index is -0.121. The smallest absolute Gasteiger partial charge is 0.252 e. The highest BCUT2D eigenvalue weighted by Gasteiger charge is 2.09. The fourth-order valence-electron chi connectivity index (χ4n) is 1.18. The maximum absolute atomic E-state index is 11.7. The molecule has 0 aromatic heterocycles. The number of rotatable bonds is 4. The second-order valence-electron chi connectivity index (χ2n) is 3.65. The van der Waals surface area contributed by atoms with Crippen molar-refractivity contribution in [3.63, 3.8) is 0 Å². The molecule has 0 heterocycles. The summed E-state index contributed by atoms with van der Waals surface area (Å²) in [4.78, 5) is 11.7. The van der Waals surface area contributed by atoms with Crippen molar-refractivity contribution in [1.29, 1.82) is 0 Å². The van der Waals surface area contributed by atoms with Gasteiger partial charge in [0.1, 0.15) is 0 Å². The van der Waals surface area contributed by atoms with E-state index in [1.807, 2.05) is 6.92 Å². The molecule has 0 aliphatic rings. The highest BCUT2D eigenvalue weighted by atomic mass is 79.9. The largest absolute Gasteiger partial charge is 0.352 e. The molecule has 88 valence electrons. The predicted molar refractivity (Wildman–Crippen MR) is 69.8 cm³/mol. The SMILES string of the molecule is CC(N)CCNC(=O)c1ccc(Cl)cc1Br. The van der Waals surface area contributed by atoms with Crippen molar-refractivity contribution in [2.75, 3.05) is 6.54 Å². The topological polar surface area (TPSA) is 55.1 Å². The zero-order chi connectivity index (χ0) is 12.1. The summed E-state index contributed by atoms with van der Waals surface area (Å²) < 4.78 is 0.693. The van der Waals surface area contributed by atoms with E-state index in [4.69, 9.17) is 17.3 Å². The number of hydrogen-bond acceptors (Lipinski definition) is 2. The van der Waals surface area contributed by atoms with Crippen LogP contribution in [0.1, 0.15) is 23.7 Å². The van der Waals surface area contributed by atoms with E-state index in [2.05, 4.69) is 21.2 Å². The normalized spacial score (nSPS) is 12.2. The summed E-state index contributed by atoms with van der Waals surface area (Å²) in [7, 11) is 0. The standard InChI is InChI=1S/C11H14BrClN2O/c1-7(14)4-5-15-11(16)9-3-2-8(13)6-10(9)12/h2-3,6-7H,4-5,14H2,1H3,(H,15,16). The zero-order valence-electron chi connectivity index (χ0n) is 8.97. The lowest BCUT2D eigenvalue weighted by atomic mass is 10.2. The van der Waals surface area contributed by atoms with Crippen molar-refractivity contribution >= 4 is 33.4 Å². The molecule has 0 aliphatic carbocycles. The van der Waals surface area contributed by atoms with Crippen LogP contribution in [0.5, 0.6) is 0 Å². The van der Waals surface area contributed by atoms with Crippen LogP contribution in [-0.2, 0) is 0 Å². The van der Waals surface area contributed by atoms with Crippen molar-refractivity contribution in [3.8, 4) is 0 Å². The molecule has 1 unspecified atom stereocenters. The minimum absolute atomic E-state index is 0.0916.